The van der Waals surface area contributed by atoms with E-state index < -0.39 is 0 Å². The average Bonchev–Trinajstić information content (AvgIpc) is 3.38. The van der Waals surface area contributed by atoms with Crippen molar-refractivity contribution < 1.29 is 14.0 Å². The SMILES string of the molecule is C[C@@H](NC(=O)c1ccc(NC(=O)CSc2nnnn2C)cc1)c1cc2ccccc2o1. The number of fused-ring (bicyclic) bond motifs is 1. The molecule has 2 N–H and O–H groups in total. The molecule has 2 amide bonds. The Bertz CT molecular complexity index is 1180. The standard InChI is InChI=1S/C21H20N6O3S/c1-13(18-11-15-5-3-4-6-17(15)30-18)22-20(29)14-7-9-16(10-8-14)23-19(28)12-31-21-24-25-26-27(21)2/h3-11,13H,12H2,1-2H3,(H,22,29)(H,23,28)/t13-/m1/s1. The normalized spacial score (nSPS) is 11.9. The maximum atomic E-state index is 12.6. The van der Waals surface area contributed by atoms with Crippen LogP contribution in [-0.2, 0) is 11.8 Å². The first kappa shape index (κ1) is 20.6. The number of carbonyl (C=O) groups excluding carboxylic acids is 2. The van der Waals surface area contributed by atoms with Gasteiger partial charge in [-0.2, -0.15) is 0 Å². The monoisotopic (exact) mass is 436 g/mol. The summed E-state index contributed by atoms with van der Waals surface area (Å²) < 4.78 is 7.31. The average molecular weight is 436 g/mol. The summed E-state index contributed by atoms with van der Waals surface area (Å²) in [6.45, 7) is 1.87. The fraction of sp³-hybridized carbons (Fsp3) is 0.190. The van der Waals surface area contributed by atoms with Crippen molar-refractivity contribution in [1.82, 2.24) is 25.5 Å². The van der Waals surface area contributed by atoms with E-state index >= 15 is 0 Å². The van der Waals surface area contributed by atoms with Crippen LogP contribution in [0, 0.1) is 0 Å². The van der Waals surface area contributed by atoms with Gasteiger partial charge in [-0.1, -0.05) is 30.0 Å². The zero-order valence-corrected chi connectivity index (χ0v) is 17.7. The minimum absolute atomic E-state index is 0.172. The van der Waals surface area contributed by atoms with Gasteiger partial charge in [-0.3, -0.25) is 9.59 Å². The molecule has 31 heavy (non-hydrogen) atoms. The summed E-state index contributed by atoms with van der Waals surface area (Å²) in [6.07, 6.45) is 0. The second kappa shape index (κ2) is 9.00. The smallest absolute Gasteiger partial charge is 0.251 e. The fourth-order valence-corrected chi connectivity index (χ4v) is 3.59. The number of tetrazole rings is 1. The van der Waals surface area contributed by atoms with Crippen LogP contribution in [0.2, 0.25) is 0 Å². The highest BCUT2D eigenvalue weighted by Gasteiger charge is 2.15. The molecule has 0 bridgehead atoms. The first-order valence-corrected chi connectivity index (χ1v) is 10.5. The number of rotatable bonds is 7. The van der Waals surface area contributed by atoms with Crippen molar-refractivity contribution in [2.24, 2.45) is 7.05 Å². The number of benzene rings is 2. The van der Waals surface area contributed by atoms with Crippen LogP contribution in [0.5, 0.6) is 0 Å². The summed E-state index contributed by atoms with van der Waals surface area (Å²) in [5.74, 6) is 0.444. The van der Waals surface area contributed by atoms with Crippen LogP contribution in [0.3, 0.4) is 0 Å². The molecule has 0 fully saturated rings. The van der Waals surface area contributed by atoms with Crippen molar-refractivity contribution in [2.45, 2.75) is 18.1 Å². The molecule has 10 heteroatoms. The molecule has 158 valence electrons. The number of carbonyl (C=O) groups is 2. The molecule has 0 aliphatic rings. The molecule has 1 atom stereocenters. The number of thioether (sulfide) groups is 1. The second-order valence-electron chi connectivity index (χ2n) is 6.88. The van der Waals surface area contributed by atoms with Crippen molar-refractivity contribution in [2.75, 3.05) is 11.1 Å². The van der Waals surface area contributed by atoms with Gasteiger partial charge in [0.1, 0.15) is 11.3 Å². The molecule has 2 aromatic heterocycles. The van der Waals surface area contributed by atoms with Crippen LogP contribution >= 0.6 is 11.8 Å². The number of furan rings is 1. The Balaban J connectivity index is 1.32. The lowest BCUT2D eigenvalue weighted by Crippen LogP contribution is -2.26. The molecular weight excluding hydrogens is 416 g/mol. The first-order chi connectivity index (χ1) is 15.0. The summed E-state index contributed by atoms with van der Waals surface area (Å²) in [4.78, 5) is 24.7. The quantitative estimate of drug-likeness (QED) is 0.428. The van der Waals surface area contributed by atoms with Gasteiger partial charge in [0, 0.05) is 23.7 Å². The molecule has 0 saturated heterocycles. The van der Waals surface area contributed by atoms with Gasteiger partial charge in [-0.05, 0) is 53.7 Å². The Morgan fingerprint density at radius 2 is 1.94 bits per heavy atom. The van der Waals surface area contributed by atoms with Crippen molar-refractivity contribution in [1.29, 1.82) is 0 Å². The van der Waals surface area contributed by atoms with Gasteiger partial charge < -0.3 is 15.1 Å². The number of para-hydroxylation sites is 1. The van der Waals surface area contributed by atoms with Crippen molar-refractivity contribution in [3.8, 4) is 0 Å². The van der Waals surface area contributed by atoms with Gasteiger partial charge in [-0.15, -0.1) is 5.10 Å². The van der Waals surface area contributed by atoms with Gasteiger partial charge in [-0.25, -0.2) is 4.68 Å². The number of nitrogens with one attached hydrogen (secondary N) is 2. The maximum absolute atomic E-state index is 12.6. The van der Waals surface area contributed by atoms with E-state index in [9.17, 15) is 9.59 Å². The maximum Gasteiger partial charge on any atom is 0.251 e. The number of nitrogens with zero attached hydrogens (tertiary/aromatic N) is 4. The zero-order valence-electron chi connectivity index (χ0n) is 16.9. The highest BCUT2D eigenvalue weighted by Crippen LogP contribution is 2.24. The van der Waals surface area contributed by atoms with E-state index in [0.29, 0.717) is 22.2 Å². The number of aromatic nitrogens is 4. The van der Waals surface area contributed by atoms with Crippen LogP contribution in [0.15, 0.2) is 64.2 Å². The van der Waals surface area contributed by atoms with Crippen LogP contribution in [0.25, 0.3) is 11.0 Å². The number of hydrogen-bond donors (Lipinski definition) is 2. The Kier molecular flexibility index (Phi) is 5.99. The molecule has 0 saturated carbocycles. The molecule has 2 aromatic carbocycles. The van der Waals surface area contributed by atoms with Gasteiger partial charge in [0.25, 0.3) is 5.91 Å². The largest absolute Gasteiger partial charge is 0.459 e. The van der Waals surface area contributed by atoms with Gasteiger partial charge in [0.2, 0.25) is 11.1 Å². The zero-order chi connectivity index (χ0) is 21.8. The Hall–Kier alpha value is -3.66. The minimum Gasteiger partial charge on any atom is -0.459 e. The second-order valence-corrected chi connectivity index (χ2v) is 7.82. The number of hydrogen-bond acceptors (Lipinski definition) is 7. The third kappa shape index (κ3) is 4.92. The summed E-state index contributed by atoms with van der Waals surface area (Å²) in [5.41, 5.74) is 1.87. The predicted molar refractivity (Wildman–Crippen MR) is 117 cm³/mol. The van der Waals surface area contributed by atoms with E-state index in [2.05, 4.69) is 26.2 Å². The van der Waals surface area contributed by atoms with Crippen LogP contribution < -0.4 is 10.6 Å². The molecule has 4 aromatic rings. The van der Waals surface area contributed by atoms with E-state index in [0.717, 1.165) is 11.0 Å². The minimum atomic E-state index is -0.286. The summed E-state index contributed by atoms with van der Waals surface area (Å²) in [5, 5.41) is 18.3. The van der Waals surface area contributed by atoms with Crippen molar-refractivity contribution in [3.05, 3.63) is 65.9 Å². The molecule has 0 radical (unpaired) electrons. The fourth-order valence-electron chi connectivity index (χ4n) is 2.94. The Morgan fingerprint density at radius 3 is 2.65 bits per heavy atom. The van der Waals surface area contributed by atoms with Crippen LogP contribution in [0.1, 0.15) is 29.1 Å². The van der Waals surface area contributed by atoms with Gasteiger partial charge in [0.15, 0.2) is 0 Å². The van der Waals surface area contributed by atoms with Crippen LogP contribution in [0.4, 0.5) is 5.69 Å². The van der Waals surface area contributed by atoms with E-state index in [4.69, 9.17) is 4.42 Å². The van der Waals surface area contributed by atoms with E-state index in [1.165, 1.54) is 16.4 Å². The number of amides is 2. The molecule has 0 unspecified atom stereocenters. The highest BCUT2D eigenvalue weighted by molar-refractivity contribution is 7.99. The highest BCUT2D eigenvalue weighted by atomic mass is 32.2. The Labute approximate surface area is 182 Å². The van der Waals surface area contributed by atoms with Crippen molar-refractivity contribution >= 4 is 40.2 Å². The van der Waals surface area contributed by atoms with E-state index in [-0.39, 0.29) is 23.6 Å². The number of anilines is 1. The molecule has 2 heterocycles. The lowest BCUT2D eigenvalue weighted by molar-refractivity contribution is -0.113. The Morgan fingerprint density at radius 1 is 1.16 bits per heavy atom. The lowest BCUT2D eigenvalue weighted by Gasteiger charge is -2.12. The molecule has 0 aliphatic heterocycles. The topological polar surface area (TPSA) is 115 Å². The van der Waals surface area contributed by atoms with Crippen molar-refractivity contribution in [3.63, 3.8) is 0 Å². The van der Waals surface area contributed by atoms with Crippen LogP contribution in [-0.4, -0.2) is 37.8 Å². The lowest BCUT2D eigenvalue weighted by atomic mass is 10.1. The molecule has 9 nitrogen and oxygen atoms in total. The molecule has 0 aliphatic carbocycles. The van der Waals surface area contributed by atoms with E-state index in [1.807, 2.05) is 37.3 Å². The summed E-state index contributed by atoms with van der Waals surface area (Å²) in [7, 11) is 1.71. The molecule has 0 spiro atoms. The first-order valence-electron chi connectivity index (χ1n) is 9.54. The van der Waals surface area contributed by atoms with Gasteiger partial charge >= 0.3 is 0 Å². The summed E-state index contributed by atoms with van der Waals surface area (Å²) in [6, 6.07) is 16.0. The summed E-state index contributed by atoms with van der Waals surface area (Å²) >= 11 is 1.24. The molecular formula is C21H20N6O3S. The van der Waals surface area contributed by atoms with E-state index in [1.54, 1.807) is 31.3 Å². The predicted octanol–water partition coefficient (Wildman–Crippen LogP) is 3.18. The molecule has 4 rings (SSSR count). The third-order valence-electron chi connectivity index (χ3n) is 4.56. The number of aryl methyl sites for hydroxylation is 1. The van der Waals surface area contributed by atoms with Gasteiger partial charge in [0.05, 0.1) is 11.8 Å². The third-order valence-corrected chi connectivity index (χ3v) is 5.57.